The van der Waals surface area contributed by atoms with E-state index in [4.69, 9.17) is 0 Å². The van der Waals surface area contributed by atoms with Gasteiger partial charge < -0.3 is 50.9 Å². The molecule has 0 aromatic carbocycles. The van der Waals surface area contributed by atoms with Gasteiger partial charge in [0, 0.05) is 5.97 Å². The summed E-state index contributed by atoms with van der Waals surface area (Å²) in [5.41, 5.74) is 0. The smallest absolute Gasteiger partial charge is 1.00 e. The van der Waals surface area contributed by atoms with Gasteiger partial charge in [0.1, 0.15) is 0 Å². The maximum absolute atomic E-state index is 10.3. The molecule has 0 rings (SSSR count). The van der Waals surface area contributed by atoms with Crippen molar-refractivity contribution in [2.45, 2.75) is 135 Å². The quantitative estimate of drug-likeness (QED) is 0.102. The minimum absolute atomic E-state index is 0. The largest absolute Gasteiger partial charge is 1.00 e. The van der Waals surface area contributed by atoms with E-state index in [2.05, 4.69) is 6.92 Å². The molecule has 0 amide bonds. The van der Waals surface area contributed by atoms with Gasteiger partial charge in [0.25, 0.3) is 0 Å². The van der Waals surface area contributed by atoms with Crippen molar-refractivity contribution in [3.05, 3.63) is 0 Å². The van der Waals surface area contributed by atoms with Gasteiger partial charge in [0.05, 0.1) is 0 Å². The zero-order chi connectivity index (χ0) is 17.7. The summed E-state index contributed by atoms with van der Waals surface area (Å²) >= 11 is 0. The van der Waals surface area contributed by atoms with Gasteiger partial charge in [-0.2, -0.15) is 0 Å². The second-order valence-electron chi connectivity index (χ2n) is 7.49. The average molecular weight is 870 g/mol. The number of carbonyl (C=O) groups excluding carboxylic acids is 1. The van der Waals surface area contributed by atoms with Crippen LogP contribution in [0.15, 0.2) is 0 Å². The Balaban J connectivity index is -0.000000264. The van der Waals surface area contributed by atoms with Gasteiger partial charge in [-0.1, -0.05) is 122 Å². The monoisotopic (exact) mass is 866 g/mol. The second kappa shape index (κ2) is 41.2. The van der Waals surface area contributed by atoms with Crippen LogP contribution in [0.5, 0.6) is 0 Å². The Labute approximate surface area is 256 Å². The second-order valence-corrected chi connectivity index (χ2v) is 7.49. The van der Waals surface area contributed by atoms with Gasteiger partial charge in [-0.15, -0.1) is 0 Å². The summed E-state index contributed by atoms with van der Waals surface area (Å²) < 4.78 is 0. The number of halogens is 2. The Morgan fingerprint density at radius 2 is 0.724 bits per heavy atom. The van der Waals surface area contributed by atoms with Crippen molar-refractivity contribution < 1.29 is 118 Å². The molecule has 0 aliphatic carbocycles. The van der Waals surface area contributed by atoms with Crippen LogP contribution in [0.25, 0.3) is 0 Å². The zero-order valence-corrected chi connectivity index (χ0v) is 26.3. The number of carboxylic acid groups (broad SMARTS) is 1. The van der Waals surface area contributed by atoms with Gasteiger partial charge in [-0.05, 0) is 12.8 Å². The Morgan fingerprint density at radius 1 is 0.517 bits per heavy atom. The number of aliphatic carboxylic acids is 1. The predicted octanol–water partition coefficient (Wildman–Crippen LogP) is 0.559. The number of unbranched alkanes of at least 4 members (excludes halogenated alkanes) is 18. The number of carboxylic acids is 1. The Morgan fingerprint density at radius 3 is 0.931 bits per heavy atom. The molecule has 0 bridgehead atoms. The summed E-state index contributed by atoms with van der Waals surface area (Å²) in [5.74, 6) is -0.901. The fourth-order valence-electron chi connectivity index (χ4n) is 3.35. The first kappa shape index (κ1) is 45.4. The molecule has 0 aromatic rings. The third kappa shape index (κ3) is 45.2. The van der Waals surface area contributed by atoms with Crippen molar-refractivity contribution in [3.8, 4) is 0 Å². The van der Waals surface area contributed by atoms with Gasteiger partial charge in [0.2, 0.25) is 0 Å². The summed E-state index contributed by atoms with van der Waals surface area (Å²) in [6.45, 7) is 2.28. The number of hydrogen-bond acceptors (Lipinski definition) is 2. The molecule has 0 aliphatic heterocycles. The fraction of sp³-hybridized carbons (Fsp3) is 0.955. The molecule has 0 heterocycles. The summed E-state index contributed by atoms with van der Waals surface area (Å²) in [4.78, 5) is 10.3. The minimum atomic E-state index is -0.901. The predicted molar refractivity (Wildman–Crippen MR) is 103 cm³/mol. The van der Waals surface area contributed by atoms with E-state index in [0.717, 1.165) is 12.8 Å². The molecule has 0 unspecified atom stereocenters. The number of carbonyl (C=O) groups is 1. The van der Waals surface area contributed by atoms with Crippen LogP contribution in [0.4, 0.5) is 0 Å². The molecule has 0 spiro atoms. The van der Waals surface area contributed by atoms with Crippen molar-refractivity contribution in [3.63, 3.8) is 0 Å². The van der Waals surface area contributed by atoms with E-state index >= 15 is 0 Å². The molecule has 29 heavy (non-hydrogen) atoms. The molecule has 0 fully saturated rings. The van der Waals surface area contributed by atoms with E-state index in [1.165, 1.54) is 109 Å². The van der Waals surface area contributed by atoms with Crippen molar-refractivity contribution in [2.75, 3.05) is 0 Å². The van der Waals surface area contributed by atoms with Crippen molar-refractivity contribution >= 4 is 5.97 Å². The molecular weight excluding hydrogens is 827 g/mol. The van der Waals surface area contributed by atoms with Gasteiger partial charge in [-0.3, -0.25) is 0 Å². The fourth-order valence-corrected chi connectivity index (χ4v) is 3.35. The topological polar surface area (TPSA) is 40.1 Å². The van der Waals surface area contributed by atoms with E-state index in [1.807, 2.05) is 0 Å². The third-order valence-electron chi connectivity index (χ3n) is 4.98. The third-order valence-corrected chi connectivity index (χ3v) is 4.98. The Hall–Kier alpha value is 2.90. The van der Waals surface area contributed by atoms with Crippen LogP contribution in [-0.4, -0.2) is 5.97 Å². The SMILES string of the molecule is CCCCCCCCCCCCCCCCCCCCCC(=O)[O-].[Ag+].[Ag+].[Ag+].[Br-].[I-]. The van der Waals surface area contributed by atoms with E-state index < -0.39 is 5.97 Å². The van der Waals surface area contributed by atoms with Crippen molar-refractivity contribution in [1.29, 1.82) is 0 Å². The Kier molecular flexibility index (Phi) is 64.5. The van der Waals surface area contributed by atoms with Crippen LogP contribution in [-0.2, 0) is 71.9 Å². The molecular formula is C22H43Ag3BrIO2. The maximum atomic E-state index is 10.3. The van der Waals surface area contributed by atoms with Crippen LogP contribution in [0.3, 0.4) is 0 Å². The van der Waals surface area contributed by atoms with Gasteiger partial charge in [-0.25, -0.2) is 0 Å². The first-order valence-electron chi connectivity index (χ1n) is 11.0. The molecule has 0 saturated heterocycles. The molecule has 0 radical (unpaired) electrons. The summed E-state index contributed by atoms with van der Waals surface area (Å²) in [6, 6.07) is 0. The molecule has 7 heteroatoms. The average Bonchev–Trinajstić information content (AvgIpc) is 2.56. The Bertz CT molecular complexity index is 276. The number of rotatable bonds is 20. The van der Waals surface area contributed by atoms with Crippen molar-refractivity contribution in [1.82, 2.24) is 0 Å². The molecule has 0 aliphatic rings. The van der Waals surface area contributed by atoms with Crippen LogP contribution in [0.1, 0.15) is 135 Å². The van der Waals surface area contributed by atoms with Crippen LogP contribution in [0, 0.1) is 0 Å². The standard InChI is InChI=1S/C22H44O2.3Ag.BrH.HI/c1-2-3-4-5-6-7-8-9-10-11-12-13-14-15-16-17-18-19-20-21-22(23)24;;;;;/h2-21H2,1H3,(H,23,24);;;;2*1H/q;3*+1;;/p-3. The summed E-state index contributed by atoms with van der Waals surface area (Å²) in [6.07, 6.45) is 25.7. The maximum Gasteiger partial charge on any atom is 1.00 e. The van der Waals surface area contributed by atoms with E-state index in [9.17, 15) is 9.90 Å². The van der Waals surface area contributed by atoms with Gasteiger partial charge >= 0.3 is 67.1 Å². The molecule has 0 saturated carbocycles. The van der Waals surface area contributed by atoms with Crippen LogP contribution in [0.2, 0.25) is 0 Å². The minimum Gasteiger partial charge on any atom is -1.00 e. The van der Waals surface area contributed by atoms with E-state index in [-0.39, 0.29) is 115 Å². The summed E-state index contributed by atoms with van der Waals surface area (Å²) in [5, 5.41) is 10.3. The van der Waals surface area contributed by atoms with Crippen LogP contribution >= 0.6 is 0 Å². The van der Waals surface area contributed by atoms with Crippen molar-refractivity contribution in [2.24, 2.45) is 0 Å². The summed E-state index contributed by atoms with van der Waals surface area (Å²) in [7, 11) is 0. The normalized spacial score (nSPS) is 9.14. The molecule has 190 valence electrons. The van der Waals surface area contributed by atoms with E-state index in [0.29, 0.717) is 0 Å². The molecule has 0 aromatic heterocycles. The van der Waals surface area contributed by atoms with Gasteiger partial charge in [0.15, 0.2) is 0 Å². The van der Waals surface area contributed by atoms with E-state index in [1.54, 1.807) is 0 Å². The first-order valence-corrected chi connectivity index (χ1v) is 11.0. The van der Waals surface area contributed by atoms with Crippen LogP contribution < -0.4 is 46.1 Å². The molecule has 2 nitrogen and oxygen atoms in total. The first-order chi connectivity index (χ1) is 11.8. The molecule has 0 N–H and O–H groups in total. The molecule has 0 atom stereocenters. The number of hydrogen-bond donors (Lipinski definition) is 0. The zero-order valence-electron chi connectivity index (χ0n) is 18.1.